The zero-order valence-corrected chi connectivity index (χ0v) is 15.5. The van der Waals surface area contributed by atoms with E-state index in [9.17, 15) is 4.79 Å². The molecule has 0 N–H and O–H groups in total. The molecule has 3 nitrogen and oxygen atoms in total. The predicted molar refractivity (Wildman–Crippen MR) is 103 cm³/mol. The van der Waals surface area contributed by atoms with E-state index in [0.717, 1.165) is 42.6 Å². The van der Waals surface area contributed by atoms with Crippen molar-refractivity contribution in [1.82, 2.24) is 9.88 Å². The van der Waals surface area contributed by atoms with Gasteiger partial charge >= 0.3 is 0 Å². The average molecular weight is 350 g/mol. The molecule has 1 saturated heterocycles. The number of aromatic nitrogens is 1. The fourth-order valence-electron chi connectivity index (χ4n) is 3.62. The van der Waals surface area contributed by atoms with Crippen LogP contribution in [0.5, 0.6) is 0 Å². The molecular weight excluding hydrogens is 328 g/mol. The number of fused-ring (bicyclic) bond motifs is 1. The van der Waals surface area contributed by atoms with Crippen molar-refractivity contribution in [2.45, 2.75) is 32.6 Å². The number of para-hydroxylation sites is 1. The molecule has 0 saturated carbocycles. The van der Waals surface area contributed by atoms with Crippen LogP contribution in [0.2, 0.25) is 0 Å². The number of aryl methyl sites for hydroxylation is 2. The third kappa shape index (κ3) is 3.19. The normalized spacial score (nSPS) is 15.7. The fraction of sp³-hybridized carbons (Fsp3) is 0.333. The standard InChI is InChI=1S/C21H22N2OS/c1-14-7-8-17(15(2)13-14)21(24)23-11-9-16(10-12-23)20-22-18-5-3-4-6-19(18)25-20/h3-8,13,16H,9-12H2,1-2H3. The van der Waals surface area contributed by atoms with Crippen LogP contribution < -0.4 is 0 Å². The maximum absolute atomic E-state index is 12.8. The lowest BCUT2D eigenvalue weighted by atomic mass is 9.96. The largest absolute Gasteiger partial charge is 0.339 e. The average Bonchev–Trinajstić information content (AvgIpc) is 3.05. The summed E-state index contributed by atoms with van der Waals surface area (Å²) in [5, 5.41) is 1.22. The number of thiazole rings is 1. The van der Waals surface area contributed by atoms with Crippen molar-refractivity contribution in [2.24, 2.45) is 0 Å². The summed E-state index contributed by atoms with van der Waals surface area (Å²) in [6.45, 7) is 5.71. The molecule has 2 heterocycles. The van der Waals surface area contributed by atoms with Gasteiger partial charge in [-0.3, -0.25) is 4.79 Å². The van der Waals surface area contributed by atoms with Gasteiger partial charge < -0.3 is 4.90 Å². The summed E-state index contributed by atoms with van der Waals surface area (Å²) in [5.74, 6) is 0.640. The van der Waals surface area contributed by atoms with Crippen molar-refractivity contribution in [2.75, 3.05) is 13.1 Å². The van der Waals surface area contributed by atoms with Gasteiger partial charge in [-0.05, 0) is 50.5 Å². The van der Waals surface area contributed by atoms with Gasteiger partial charge in [0.1, 0.15) is 0 Å². The molecule has 4 heteroatoms. The number of carbonyl (C=O) groups excluding carboxylic acids is 1. The van der Waals surface area contributed by atoms with Crippen LogP contribution >= 0.6 is 11.3 Å². The maximum Gasteiger partial charge on any atom is 0.254 e. The Balaban J connectivity index is 1.46. The minimum absolute atomic E-state index is 0.167. The van der Waals surface area contributed by atoms with E-state index in [4.69, 9.17) is 4.98 Å². The van der Waals surface area contributed by atoms with Crippen LogP contribution in [0.1, 0.15) is 45.3 Å². The van der Waals surface area contributed by atoms with Gasteiger partial charge in [0, 0.05) is 24.6 Å². The fourth-order valence-corrected chi connectivity index (χ4v) is 4.75. The summed E-state index contributed by atoms with van der Waals surface area (Å²) in [6, 6.07) is 14.4. The lowest BCUT2D eigenvalue weighted by molar-refractivity contribution is 0.0712. The predicted octanol–water partition coefficient (Wildman–Crippen LogP) is 4.93. The van der Waals surface area contributed by atoms with E-state index in [1.807, 2.05) is 30.0 Å². The molecule has 0 spiro atoms. The number of amides is 1. The first-order valence-electron chi connectivity index (χ1n) is 8.84. The summed E-state index contributed by atoms with van der Waals surface area (Å²) < 4.78 is 1.26. The van der Waals surface area contributed by atoms with E-state index in [2.05, 4.69) is 31.2 Å². The van der Waals surface area contributed by atoms with Crippen molar-refractivity contribution in [3.63, 3.8) is 0 Å². The molecule has 2 aromatic carbocycles. The van der Waals surface area contributed by atoms with Crippen LogP contribution in [0.15, 0.2) is 42.5 Å². The second-order valence-corrected chi connectivity index (χ2v) is 7.97. The monoisotopic (exact) mass is 350 g/mol. The minimum atomic E-state index is 0.167. The van der Waals surface area contributed by atoms with Gasteiger partial charge in [-0.2, -0.15) is 0 Å². The number of nitrogens with zero attached hydrogens (tertiary/aromatic N) is 2. The van der Waals surface area contributed by atoms with E-state index < -0.39 is 0 Å². The van der Waals surface area contributed by atoms with Crippen molar-refractivity contribution in [3.8, 4) is 0 Å². The van der Waals surface area contributed by atoms with Crippen LogP contribution in [0, 0.1) is 13.8 Å². The molecule has 0 aliphatic carbocycles. The summed E-state index contributed by atoms with van der Waals surface area (Å²) in [7, 11) is 0. The molecule has 0 unspecified atom stereocenters. The molecule has 1 aromatic heterocycles. The number of benzene rings is 2. The Labute approximate surface area is 152 Å². The van der Waals surface area contributed by atoms with Gasteiger partial charge in [-0.15, -0.1) is 11.3 Å². The molecule has 0 radical (unpaired) electrons. The van der Waals surface area contributed by atoms with Crippen molar-refractivity contribution >= 4 is 27.5 Å². The molecule has 1 amide bonds. The third-order valence-electron chi connectivity index (χ3n) is 5.05. The van der Waals surface area contributed by atoms with Crippen LogP contribution in [0.3, 0.4) is 0 Å². The maximum atomic E-state index is 12.8. The molecule has 4 rings (SSSR count). The van der Waals surface area contributed by atoms with Gasteiger partial charge in [0.15, 0.2) is 0 Å². The summed E-state index contributed by atoms with van der Waals surface area (Å²) in [6.07, 6.45) is 1.99. The number of carbonyl (C=O) groups is 1. The third-order valence-corrected chi connectivity index (χ3v) is 6.25. The number of piperidine rings is 1. The van der Waals surface area contributed by atoms with Gasteiger partial charge in [-0.25, -0.2) is 4.98 Å². The van der Waals surface area contributed by atoms with E-state index >= 15 is 0 Å². The summed E-state index contributed by atoms with van der Waals surface area (Å²) >= 11 is 1.80. The van der Waals surface area contributed by atoms with Crippen molar-refractivity contribution in [1.29, 1.82) is 0 Å². The molecular formula is C21H22N2OS. The second-order valence-electron chi connectivity index (χ2n) is 6.90. The molecule has 128 valence electrons. The Morgan fingerprint density at radius 3 is 2.60 bits per heavy atom. The molecule has 1 fully saturated rings. The quantitative estimate of drug-likeness (QED) is 0.656. The zero-order chi connectivity index (χ0) is 17.4. The van der Waals surface area contributed by atoms with Crippen molar-refractivity contribution in [3.05, 3.63) is 64.2 Å². The van der Waals surface area contributed by atoms with E-state index in [1.54, 1.807) is 11.3 Å². The van der Waals surface area contributed by atoms with Gasteiger partial charge in [0.2, 0.25) is 0 Å². The van der Waals surface area contributed by atoms with Crippen LogP contribution in [0.4, 0.5) is 0 Å². The van der Waals surface area contributed by atoms with Gasteiger partial charge in [-0.1, -0.05) is 29.8 Å². The Hall–Kier alpha value is -2.20. The highest BCUT2D eigenvalue weighted by molar-refractivity contribution is 7.18. The smallest absolute Gasteiger partial charge is 0.254 e. The number of likely N-dealkylation sites (tertiary alicyclic amines) is 1. The first kappa shape index (κ1) is 16.3. The van der Waals surface area contributed by atoms with Gasteiger partial charge in [0.25, 0.3) is 5.91 Å². The Kier molecular flexibility index (Phi) is 4.30. The van der Waals surface area contributed by atoms with E-state index in [-0.39, 0.29) is 5.91 Å². The van der Waals surface area contributed by atoms with Crippen molar-refractivity contribution < 1.29 is 4.79 Å². The SMILES string of the molecule is Cc1ccc(C(=O)N2CCC(c3nc4ccccc4s3)CC2)c(C)c1. The molecule has 1 aliphatic rings. The number of hydrogen-bond donors (Lipinski definition) is 0. The number of rotatable bonds is 2. The zero-order valence-electron chi connectivity index (χ0n) is 14.7. The van der Waals surface area contributed by atoms with E-state index in [1.165, 1.54) is 15.3 Å². The van der Waals surface area contributed by atoms with E-state index in [0.29, 0.717) is 5.92 Å². The molecule has 0 bridgehead atoms. The first-order chi connectivity index (χ1) is 12.1. The first-order valence-corrected chi connectivity index (χ1v) is 9.65. The number of hydrogen-bond acceptors (Lipinski definition) is 3. The summed E-state index contributed by atoms with van der Waals surface area (Å²) in [4.78, 5) is 19.6. The van der Waals surface area contributed by atoms with Crippen LogP contribution in [0.25, 0.3) is 10.2 Å². The topological polar surface area (TPSA) is 33.2 Å². The second kappa shape index (κ2) is 6.60. The van der Waals surface area contributed by atoms with Gasteiger partial charge in [0.05, 0.1) is 15.2 Å². The molecule has 25 heavy (non-hydrogen) atoms. The Morgan fingerprint density at radius 2 is 1.88 bits per heavy atom. The Morgan fingerprint density at radius 1 is 1.12 bits per heavy atom. The highest BCUT2D eigenvalue weighted by atomic mass is 32.1. The molecule has 1 aliphatic heterocycles. The van der Waals surface area contributed by atoms with Crippen LogP contribution in [-0.4, -0.2) is 28.9 Å². The lowest BCUT2D eigenvalue weighted by Gasteiger charge is -2.31. The lowest BCUT2D eigenvalue weighted by Crippen LogP contribution is -2.38. The highest BCUT2D eigenvalue weighted by Gasteiger charge is 2.27. The molecule has 3 aromatic rings. The Bertz CT molecular complexity index is 890. The van der Waals surface area contributed by atoms with Crippen LogP contribution in [-0.2, 0) is 0 Å². The molecule has 0 atom stereocenters. The minimum Gasteiger partial charge on any atom is -0.339 e. The highest BCUT2D eigenvalue weighted by Crippen LogP contribution is 2.34. The summed E-state index contributed by atoms with van der Waals surface area (Å²) in [5.41, 5.74) is 4.20.